The van der Waals surface area contributed by atoms with E-state index >= 15 is 0 Å². The van der Waals surface area contributed by atoms with Crippen LogP contribution in [0.3, 0.4) is 0 Å². The molecule has 9 heavy (non-hydrogen) atoms. The summed E-state index contributed by atoms with van der Waals surface area (Å²) in [6, 6.07) is 0. The molecule has 0 rings (SSSR count). The Morgan fingerprint density at radius 1 is 1.56 bits per heavy atom. The Balaban J connectivity index is -0.000000245. The number of rotatable bonds is 3. The fraction of sp³-hybridized carbons (Fsp3) is 0.750. The van der Waals surface area contributed by atoms with Gasteiger partial charge in [0.1, 0.15) is 0 Å². The molecular weight excluding hydrogens is 151 g/mol. The first-order chi connectivity index (χ1) is 3.72. The van der Waals surface area contributed by atoms with Crippen molar-refractivity contribution in [1.29, 1.82) is 0 Å². The SMILES string of the molecule is COC(OC)C(=O)O.[H-].[K+]. The molecule has 0 aromatic rings. The molecular formula is C4H9KO4. The van der Waals surface area contributed by atoms with E-state index in [9.17, 15) is 4.79 Å². The summed E-state index contributed by atoms with van der Waals surface area (Å²) in [5.74, 6) is -1.12. The van der Waals surface area contributed by atoms with Crippen LogP contribution in [0, 0.1) is 0 Å². The van der Waals surface area contributed by atoms with Gasteiger partial charge in [-0.25, -0.2) is 4.79 Å². The molecule has 0 atom stereocenters. The molecule has 0 aromatic carbocycles. The fourth-order valence-corrected chi connectivity index (χ4v) is 0.298. The van der Waals surface area contributed by atoms with Gasteiger partial charge in [0.2, 0.25) is 0 Å². The van der Waals surface area contributed by atoms with Crippen LogP contribution in [-0.4, -0.2) is 31.6 Å². The van der Waals surface area contributed by atoms with Gasteiger partial charge in [-0.3, -0.25) is 0 Å². The Bertz CT molecular complexity index is 85.3. The summed E-state index contributed by atoms with van der Waals surface area (Å²) in [6.45, 7) is 0. The van der Waals surface area contributed by atoms with Gasteiger partial charge < -0.3 is 16.0 Å². The molecule has 0 bridgehead atoms. The van der Waals surface area contributed by atoms with Crippen LogP contribution >= 0.6 is 0 Å². The number of aliphatic carboxylic acids is 1. The molecule has 0 aliphatic carbocycles. The monoisotopic (exact) mass is 160 g/mol. The summed E-state index contributed by atoms with van der Waals surface area (Å²) in [5.41, 5.74) is 0. The Morgan fingerprint density at radius 2 is 1.89 bits per heavy atom. The molecule has 4 nitrogen and oxygen atoms in total. The van der Waals surface area contributed by atoms with Crippen molar-refractivity contribution in [2.45, 2.75) is 6.29 Å². The van der Waals surface area contributed by atoms with Gasteiger partial charge in [0.05, 0.1) is 0 Å². The number of carbonyl (C=O) groups is 1. The Labute approximate surface area is 97.4 Å². The van der Waals surface area contributed by atoms with E-state index in [2.05, 4.69) is 9.47 Å². The van der Waals surface area contributed by atoms with Crippen molar-refractivity contribution >= 4 is 5.97 Å². The smallest absolute Gasteiger partial charge is 1.00 e. The molecule has 0 aliphatic rings. The first-order valence-electron chi connectivity index (χ1n) is 2.00. The zero-order chi connectivity index (χ0) is 6.57. The average molecular weight is 160 g/mol. The Morgan fingerprint density at radius 3 is 1.89 bits per heavy atom. The number of carboxylic acid groups (broad SMARTS) is 1. The molecule has 0 radical (unpaired) electrons. The maximum absolute atomic E-state index is 9.91. The minimum absolute atomic E-state index is 0. The minimum Gasteiger partial charge on any atom is -1.00 e. The summed E-state index contributed by atoms with van der Waals surface area (Å²) >= 11 is 0. The van der Waals surface area contributed by atoms with Crippen molar-refractivity contribution in [3.63, 3.8) is 0 Å². The summed E-state index contributed by atoms with van der Waals surface area (Å²) in [6.07, 6.45) is -1.13. The van der Waals surface area contributed by atoms with Gasteiger partial charge in [0.15, 0.2) is 0 Å². The zero-order valence-electron chi connectivity index (χ0n) is 6.75. The van der Waals surface area contributed by atoms with Crippen LogP contribution in [0.1, 0.15) is 1.43 Å². The van der Waals surface area contributed by atoms with E-state index < -0.39 is 12.3 Å². The quantitative estimate of drug-likeness (QED) is 0.349. The molecule has 0 unspecified atom stereocenters. The van der Waals surface area contributed by atoms with Gasteiger partial charge in [-0.15, -0.1) is 0 Å². The van der Waals surface area contributed by atoms with E-state index in [4.69, 9.17) is 5.11 Å². The third kappa shape index (κ3) is 5.47. The molecule has 0 aromatic heterocycles. The van der Waals surface area contributed by atoms with Gasteiger partial charge >= 0.3 is 57.4 Å². The standard InChI is InChI=1S/C4H8O4.K.H/c1-7-4(8-2)3(5)6;;/h4H,1-2H3,(H,5,6);;/q;+1;-1. The molecule has 0 spiro atoms. The number of hydrogen-bond donors (Lipinski definition) is 1. The average Bonchev–Trinajstić information content (AvgIpc) is 1.69. The number of ether oxygens (including phenoxy) is 2. The fourth-order valence-electron chi connectivity index (χ4n) is 0.298. The predicted molar refractivity (Wildman–Crippen MR) is 26.6 cm³/mol. The second-order valence-corrected chi connectivity index (χ2v) is 1.14. The molecule has 5 heteroatoms. The maximum atomic E-state index is 9.91. The Kier molecular flexibility index (Phi) is 10.1. The second-order valence-electron chi connectivity index (χ2n) is 1.14. The first-order valence-corrected chi connectivity index (χ1v) is 2.00. The van der Waals surface area contributed by atoms with Crippen molar-refractivity contribution in [3.05, 3.63) is 0 Å². The number of methoxy groups -OCH3 is 2. The minimum atomic E-state index is -1.13. The van der Waals surface area contributed by atoms with E-state index in [-0.39, 0.29) is 52.8 Å². The third-order valence-corrected chi connectivity index (χ3v) is 0.630. The van der Waals surface area contributed by atoms with Gasteiger partial charge in [-0.2, -0.15) is 0 Å². The van der Waals surface area contributed by atoms with E-state index in [1.54, 1.807) is 0 Å². The van der Waals surface area contributed by atoms with Gasteiger partial charge in [0.25, 0.3) is 6.29 Å². The van der Waals surface area contributed by atoms with E-state index in [1.165, 1.54) is 14.2 Å². The molecule has 0 aliphatic heterocycles. The van der Waals surface area contributed by atoms with Crippen molar-refractivity contribution in [2.75, 3.05) is 14.2 Å². The van der Waals surface area contributed by atoms with Gasteiger partial charge in [-0.1, -0.05) is 0 Å². The van der Waals surface area contributed by atoms with Crippen molar-refractivity contribution in [3.8, 4) is 0 Å². The van der Waals surface area contributed by atoms with Gasteiger partial charge in [0, 0.05) is 14.2 Å². The number of hydrogen-bond acceptors (Lipinski definition) is 3. The van der Waals surface area contributed by atoms with Crippen LogP contribution in [0.4, 0.5) is 0 Å². The predicted octanol–water partition coefficient (Wildman–Crippen LogP) is -3.19. The summed E-state index contributed by atoms with van der Waals surface area (Å²) < 4.78 is 8.68. The number of carboxylic acids is 1. The molecule has 50 valence electrons. The largest absolute Gasteiger partial charge is 1.00 e. The van der Waals surface area contributed by atoms with Crippen LogP contribution in [-0.2, 0) is 14.3 Å². The summed E-state index contributed by atoms with van der Waals surface area (Å²) in [7, 11) is 2.53. The van der Waals surface area contributed by atoms with Crippen LogP contribution < -0.4 is 51.4 Å². The molecule has 0 amide bonds. The van der Waals surface area contributed by atoms with Crippen molar-refractivity contribution in [2.24, 2.45) is 0 Å². The van der Waals surface area contributed by atoms with Crippen molar-refractivity contribution in [1.82, 2.24) is 0 Å². The molecule has 1 N–H and O–H groups in total. The normalized spacial score (nSPS) is 8.78. The third-order valence-electron chi connectivity index (χ3n) is 0.630. The van der Waals surface area contributed by atoms with E-state index in [0.29, 0.717) is 0 Å². The second kappa shape index (κ2) is 7.14. The van der Waals surface area contributed by atoms with Crippen LogP contribution in [0.25, 0.3) is 0 Å². The van der Waals surface area contributed by atoms with Crippen LogP contribution in [0.15, 0.2) is 0 Å². The van der Waals surface area contributed by atoms with Crippen molar-refractivity contribution < 1.29 is 72.2 Å². The summed E-state index contributed by atoms with van der Waals surface area (Å²) in [5, 5.41) is 8.12. The summed E-state index contributed by atoms with van der Waals surface area (Å²) in [4.78, 5) is 9.91. The molecule has 0 saturated carbocycles. The van der Waals surface area contributed by atoms with E-state index in [1.807, 2.05) is 0 Å². The van der Waals surface area contributed by atoms with Crippen LogP contribution in [0.2, 0.25) is 0 Å². The van der Waals surface area contributed by atoms with Crippen LogP contribution in [0.5, 0.6) is 0 Å². The first kappa shape index (κ1) is 12.7. The maximum Gasteiger partial charge on any atom is 1.00 e. The zero-order valence-corrected chi connectivity index (χ0v) is 8.87. The van der Waals surface area contributed by atoms with Gasteiger partial charge in [-0.05, 0) is 0 Å². The van der Waals surface area contributed by atoms with E-state index in [0.717, 1.165) is 0 Å². The molecule has 0 fully saturated rings. The molecule has 0 saturated heterocycles. The molecule has 0 heterocycles. The topological polar surface area (TPSA) is 55.8 Å². The Hall–Kier alpha value is 1.03.